The Labute approximate surface area is 215 Å². The lowest BCUT2D eigenvalue weighted by molar-refractivity contribution is -0.0367. The topological polar surface area (TPSA) is 49.3 Å². The molecule has 0 spiro atoms. The zero-order valence-corrected chi connectivity index (χ0v) is 22.2. The fourth-order valence-electron chi connectivity index (χ4n) is 5.04. The third-order valence-corrected chi connectivity index (χ3v) is 7.10. The third kappa shape index (κ3) is 8.04. The van der Waals surface area contributed by atoms with Gasteiger partial charge in [-0.2, -0.15) is 0 Å². The summed E-state index contributed by atoms with van der Waals surface area (Å²) in [5.41, 5.74) is 0.799. The van der Waals surface area contributed by atoms with Crippen LogP contribution in [0.2, 0.25) is 0 Å². The molecule has 0 saturated carbocycles. The summed E-state index contributed by atoms with van der Waals surface area (Å²) in [6.07, 6.45) is 7.31. The molecule has 0 aromatic heterocycles. The van der Waals surface area contributed by atoms with Gasteiger partial charge in [-0.05, 0) is 63.6 Å². The van der Waals surface area contributed by atoms with Gasteiger partial charge in [-0.3, -0.25) is 9.89 Å². The number of rotatable bonds is 7. The summed E-state index contributed by atoms with van der Waals surface area (Å²) in [5, 5.41) is 3.61. The number of piperidine rings is 2. The molecule has 1 unspecified atom stereocenters. The maximum atomic E-state index is 13.9. The average Bonchev–Trinajstić information content (AvgIpc) is 3.35. The molecular weight excluding hydrogens is 534 g/mol. The number of nitrogens with zero attached hydrogens (tertiary/aromatic N) is 3. The van der Waals surface area contributed by atoms with E-state index in [9.17, 15) is 4.39 Å². The smallest absolute Gasteiger partial charge is 0.193 e. The van der Waals surface area contributed by atoms with Crippen molar-refractivity contribution in [3.63, 3.8) is 0 Å². The van der Waals surface area contributed by atoms with Crippen LogP contribution < -0.4 is 5.32 Å². The van der Waals surface area contributed by atoms with Crippen molar-refractivity contribution in [3.8, 4) is 0 Å². The number of benzene rings is 1. The van der Waals surface area contributed by atoms with Crippen LogP contribution in [0.1, 0.15) is 44.1 Å². The van der Waals surface area contributed by atoms with Gasteiger partial charge in [0.15, 0.2) is 5.96 Å². The van der Waals surface area contributed by atoms with Gasteiger partial charge in [0.1, 0.15) is 5.82 Å². The Kier molecular flexibility index (Phi) is 11.1. The average molecular weight is 575 g/mol. The molecule has 3 aliphatic rings. The van der Waals surface area contributed by atoms with Gasteiger partial charge in [-0.15, -0.1) is 24.0 Å². The maximum Gasteiger partial charge on any atom is 0.193 e. The fourth-order valence-corrected chi connectivity index (χ4v) is 5.04. The Morgan fingerprint density at radius 2 is 1.88 bits per heavy atom. The summed E-state index contributed by atoms with van der Waals surface area (Å²) in [6, 6.07) is 7.12. The number of likely N-dealkylation sites (tertiary alicyclic amines) is 2. The van der Waals surface area contributed by atoms with Gasteiger partial charge in [-0.25, -0.2) is 4.39 Å². The first-order valence-electron chi connectivity index (χ1n) is 12.4. The minimum Gasteiger partial charge on any atom is -0.376 e. The summed E-state index contributed by atoms with van der Waals surface area (Å²) >= 11 is 0. The Bertz CT molecular complexity index is 731. The first-order valence-corrected chi connectivity index (χ1v) is 12.4. The number of nitrogens with one attached hydrogen (secondary N) is 1. The predicted molar refractivity (Wildman–Crippen MR) is 141 cm³/mol. The minimum absolute atomic E-state index is 0. The van der Waals surface area contributed by atoms with Crippen LogP contribution in [0.25, 0.3) is 0 Å². The van der Waals surface area contributed by atoms with Crippen LogP contribution in [0.3, 0.4) is 0 Å². The second-order valence-electron chi connectivity index (χ2n) is 9.39. The predicted octanol–water partition coefficient (Wildman–Crippen LogP) is 3.89. The second kappa shape index (κ2) is 13.8. The standard InChI is InChI=1S/C25H39FN4O2.HI/c1-27-25(30-14-10-22(11-15-30)32-19-23-6-4-16-31-23)28-17-20-8-12-29(13-9-20)18-21-5-2-3-7-24(21)26;/h2-3,5,7,20,22-23H,4,6,8-19H2,1H3,(H,27,28);1H. The first-order chi connectivity index (χ1) is 15.7. The van der Waals surface area contributed by atoms with Crippen LogP contribution in [0.15, 0.2) is 29.3 Å². The summed E-state index contributed by atoms with van der Waals surface area (Å²) in [4.78, 5) is 9.26. The normalized spacial score (nSPS) is 23.5. The van der Waals surface area contributed by atoms with E-state index >= 15 is 0 Å². The number of aliphatic imine (C=N–C) groups is 1. The van der Waals surface area contributed by atoms with Crippen LogP contribution in [-0.4, -0.2) is 81.0 Å². The molecule has 3 heterocycles. The van der Waals surface area contributed by atoms with E-state index in [4.69, 9.17) is 9.47 Å². The van der Waals surface area contributed by atoms with E-state index in [1.165, 1.54) is 6.42 Å². The van der Waals surface area contributed by atoms with Crippen LogP contribution >= 0.6 is 24.0 Å². The molecule has 1 N–H and O–H groups in total. The van der Waals surface area contributed by atoms with Crippen molar-refractivity contribution in [2.75, 3.05) is 53.0 Å². The molecule has 0 bridgehead atoms. The van der Waals surface area contributed by atoms with Crippen molar-refractivity contribution < 1.29 is 13.9 Å². The van der Waals surface area contributed by atoms with Crippen LogP contribution in [-0.2, 0) is 16.0 Å². The molecule has 6 nitrogen and oxygen atoms in total. The summed E-state index contributed by atoms with van der Waals surface area (Å²) in [5.74, 6) is 1.55. The van der Waals surface area contributed by atoms with E-state index in [1.54, 1.807) is 12.1 Å². The molecule has 8 heteroatoms. The minimum atomic E-state index is -0.0962. The van der Waals surface area contributed by atoms with Crippen LogP contribution in [0.4, 0.5) is 4.39 Å². The van der Waals surface area contributed by atoms with Crippen molar-refractivity contribution in [3.05, 3.63) is 35.6 Å². The highest BCUT2D eigenvalue weighted by Gasteiger charge is 2.25. The molecule has 4 rings (SSSR count). The molecule has 1 aromatic rings. The molecule has 3 saturated heterocycles. The highest BCUT2D eigenvalue weighted by Crippen LogP contribution is 2.21. The number of halogens is 2. The molecule has 0 aliphatic carbocycles. The first kappa shape index (κ1) is 26.6. The number of guanidine groups is 1. The lowest BCUT2D eigenvalue weighted by Crippen LogP contribution is -2.48. The van der Waals surface area contributed by atoms with E-state index in [0.29, 0.717) is 24.7 Å². The van der Waals surface area contributed by atoms with E-state index in [1.807, 2.05) is 19.2 Å². The number of hydrogen-bond donors (Lipinski definition) is 1. The summed E-state index contributed by atoms with van der Waals surface area (Å²) < 4.78 is 25.7. The zero-order chi connectivity index (χ0) is 22.2. The molecule has 3 aliphatic heterocycles. The molecule has 1 aromatic carbocycles. The Morgan fingerprint density at radius 1 is 1.12 bits per heavy atom. The van der Waals surface area contributed by atoms with Crippen molar-refractivity contribution in [2.24, 2.45) is 10.9 Å². The lowest BCUT2D eigenvalue weighted by atomic mass is 9.96. The molecule has 0 radical (unpaired) electrons. The zero-order valence-electron chi connectivity index (χ0n) is 19.9. The molecule has 3 fully saturated rings. The quantitative estimate of drug-likeness (QED) is 0.305. The molecule has 0 amide bonds. The molecule has 186 valence electrons. The number of hydrogen-bond acceptors (Lipinski definition) is 4. The maximum absolute atomic E-state index is 13.9. The van der Waals surface area contributed by atoms with E-state index in [2.05, 4.69) is 20.1 Å². The molecule has 1 atom stereocenters. The largest absolute Gasteiger partial charge is 0.376 e. The van der Waals surface area contributed by atoms with E-state index in [-0.39, 0.29) is 29.8 Å². The van der Waals surface area contributed by atoms with Crippen molar-refractivity contribution >= 4 is 29.9 Å². The Balaban J connectivity index is 0.00000306. The highest BCUT2D eigenvalue weighted by molar-refractivity contribution is 14.0. The van der Waals surface area contributed by atoms with Gasteiger partial charge >= 0.3 is 0 Å². The van der Waals surface area contributed by atoms with Crippen LogP contribution in [0.5, 0.6) is 0 Å². The van der Waals surface area contributed by atoms with Gasteiger partial charge in [-0.1, -0.05) is 18.2 Å². The second-order valence-corrected chi connectivity index (χ2v) is 9.39. The van der Waals surface area contributed by atoms with Crippen molar-refractivity contribution in [1.82, 2.24) is 15.1 Å². The third-order valence-electron chi connectivity index (χ3n) is 7.10. The number of ether oxygens (including phenoxy) is 2. The highest BCUT2D eigenvalue weighted by atomic mass is 127. The Hall–Kier alpha value is -0.970. The van der Waals surface area contributed by atoms with Gasteiger partial charge in [0.25, 0.3) is 0 Å². The monoisotopic (exact) mass is 574 g/mol. The van der Waals surface area contributed by atoms with Gasteiger partial charge < -0.3 is 19.7 Å². The SMILES string of the molecule is CN=C(NCC1CCN(Cc2ccccc2F)CC1)N1CCC(OCC2CCCO2)CC1.I. The Morgan fingerprint density at radius 3 is 2.55 bits per heavy atom. The van der Waals surface area contributed by atoms with Gasteiger partial charge in [0.05, 0.1) is 18.8 Å². The van der Waals surface area contributed by atoms with E-state index < -0.39 is 0 Å². The lowest BCUT2D eigenvalue weighted by Gasteiger charge is -2.36. The van der Waals surface area contributed by atoms with Crippen molar-refractivity contribution in [2.45, 2.75) is 57.3 Å². The molecular formula is C25H40FIN4O2. The fraction of sp³-hybridized carbons (Fsp3) is 0.720. The summed E-state index contributed by atoms with van der Waals surface area (Å²) in [7, 11) is 1.87. The van der Waals surface area contributed by atoms with E-state index in [0.717, 1.165) is 89.6 Å². The van der Waals surface area contributed by atoms with Crippen LogP contribution in [0, 0.1) is 11.7 Å². The molecule has 33 heavy (non-hydrogen) atoms. The van der Waals surface area contributed by atoms with Gasteiger partial charge in [0.2, 0.25) is 0 Å². The summed E-state index contributed by atoms with van der Waals surface area (Å²) in [6.45, 7) is 7.30. The van der Waals surface area contributed by atoms with Crippen molar-refractivity contribution in [1.29, 1.82) is 0 Å². The van der Waals surface area contributed by atoms with Gasteiger partial charge in [0, 0.05) is 45.4 Å².